The van der Waals surface area contributed by atoms with Gasteiger partial charge in [-0.25, -0.2) is 18.5 Å². The van der Waals surface area contributed by atoms with Gasteiger partial charge in [-0.15, -0.1) is 11.3 Å². The Morgan fingerprint density at radius 3 is 2.32 bits per heavy atom. The van der Waals surface area contributed by atoms with Gasteiger partial charge in [0.2, 0.25) is 10.0 Å². The molecule has 28 heavy (non-hydrogen) atoms. The number of carbonyl (C=O) groups excluding carboxylic acids is 1. The van der Waals surface area contributed by atoms with Crippen LogP contribution in [-0.4, -0.2) is 19.3 Å². The molecule has 146 valence electrons. The summed E-state index contributed by atoms with van der Waals surface area (Å²) in [7, 11) is -3.75. The zero-order valence-corrected chi connectivity index (χ0v) is 17.7. The lowest BCUT2D eigenvalue weighted by molar-refractivity contribution is 0.0946. The van der Waals surface area contributed by atoms with Crippen molar-refractivity contribution in [1.29, 1.82) is 0 Å². The summed E-state index contributed by atoms with van der Waals surface area (Å²) < 4.78 is 22.6. The number of hydrogen-bond acceptors (Lipinski definition) is 5. The molecule has 1 heterocycles. The SMILES string of the molecule is Cc1sc(-c2c(Cl)cccc2Cl)nc1C(=O)NCc1ccc(S(N)(=O)=O)cc1. The first-order valence-corrected chi connectivity index (χ1v) is 11.1. The topological polar surface area (TPSA) is 102 Å². The fraction of sp³-hybridized carbons (Fsp3) is 0.111. The number of rotatable bonds is 5. The summed E-state index contributed by atoms with van der Waals surface area (Å²) >= 11 is 13.8. The van der Waals surface area contributed by atoms with Gasteiger partial charge in [0.25, 0.3) is 5.91 Å². The molecule has 0 spiro atoms. The predicted octanol–water partition coefficient (Wildman–Crippen LogP) is 4.00. The molecule has 1 aromatic heterocycles. The number of aromatic nitrogens is 1. The molecule has 1 amide bonds. The van der Waals surface area contributed by atoms with Crippen LogP contribution >= 0.6 is 34.5 Å². The van der Waals surface area contributed by atoms with Crippen molar-refractivity contribution in [3.63, 3.8) is 0 Å². The van der Waals surface area contributed by atoms with E-state index in [1.807, 2.05) is 0 Å². The summed E-state index contributed by atoms with van der Waals surface area (Å²) in [6, 6.07) is 11.1. The Kier molecular flexibility index (Phi) is 6.07. The molecule has 0 atom stereocenters. The van der Waals surface area contributed by atoms with Gasteiger partial charge in [-0.3, -0.25) is 4.79 Å². The van der Waals surface area contributed by atoms with Crippen LogP contribution in [0.3, 0.4) is 0 Å². The fourth-order valence-electron chi connectivity index (χ4n) is 2.48. The van der Waals surface area contributed by atoms with E-state index in [0.29, 0.717) is 20.6 Å². The zero-order chi connectivity index (χ0) is 20.5. The first kappa shape index (κ1) is 20.8. The van der Waals surface area contributed by atoms with Crippen molar-refractivity contribution in [3.8, 4) is 10.6 Å². The molecule has 3 rings (SSSR count). The van der Waals surface area contributed by atoms with E-state index in [1.54, 1.807) is 37.3 Å². The van der Waals surface area contributed by atoms with Crippen molar-refractivity contribution >= 4 is 50.5 Å². The number of halogens is 2. The summed E-state index contributed by atoms with van der Waals surface area (Å²) in [5.74, 6) is -0.348. The third kappa shape index (κ3) is 4.53. The number of thiazole rings is 1. The van der Waals surface area contributed by atoms with Crippen molar-refractivity contribution in [1.82, 2.24) is 10.3 Å². The molecule has 6 nitrogen and oxygen atoms in total. The number of primary sulfonamides is 1. The number of amides is 1. The van der Waals surface area contributed by atoms with Crippen LogP contribution in [-0.2, 0) is 16.6 Å². The first-order chi connectivity index (χ1) is 13.2. The Morgan fingerprint density at radius 2 is 1.75 bits per heavy atom. The summed E-state index contributed by atoms with van der Waals surface area (Å²) in [6.45, 7) is 2.00. The number of nitrogens with one attached hydrogen (secondary N) is 1. The van der Waals surface area contributed by atoms with E-state index in [4.69, 9.17) is 28.3 Å². The van der Waals surface area contributed by atoms with Crippen molar-refractivity contribution in [2.24, 2.45) is 5.14 Å². The van der Waals surface area contributed by atoms with E-state index in [9.17, 15) is 13.2 Å². The van der Waals surface area contributed by atoms with Crippen LogP contribution in [0.4, 0.5) is 0 Å². The molecule has 0 bridgehead atoms. The third-order valence-electron chi connectivity index (χ3n) is 3.89. The van der Waals surface area contributed by atoms with Gasteiger partial charge in [0.1, 0.15) is 10.7 Å². The summed E-state index contributed by atoms with van der Waals surface area (Å²) in [6.07, 6.45) is 0. The normalized spacial score (nSPS) is 11.4. The second kappa shape index (κ2) is 8.18. The fourth-order valence-corrected chi connectivity index (χ4v) is 4.67. The van der Waals surface area contributed by atoms with Crippen LogP contribution in [0.5, 0.6) is 0 Å². The molecule has 0 unspecified atom stereocenters. The Morgan fingerprint density at radius 1 is 1.14 bits per heavy atom. The van der Waals surface area contributed by atoms with Gasteiger partial charge < -0.3 is 5.32 Å². The number of benzene rings is 2. The highest BCUT2D eigenvalue weighted by molar-refractivity contribution is 7.89. The molecule has 10 heteroatoms. The maximum Gasteiger partial charge on any atom is 0.271 e. The van der Waals surface area contributed by atoms with Gasteiger partial charge in [-0.1, -0.05) is 41.4 Å². The molecule has 0 aliphatic carbocycles. The van der Waals surface area contributed by atoms with E-state index >= 15 is 0 Å². The minimum Gasteiger partial charge on any atom is -0.347 e. The number of carbonyl (C=O) groups is 1. The first-order valence-electron chi connectivity index (χ1n) is 7.98. The number of sulfonamides is 1. The average molecular weight is 456 g/mol. The third-order valence-corrected chi connectivity index (χ3v) is 6.44. The molecule has 0 aliphatic heterocycles. The van der Waals surface area contributed by atoms with E-state index in [0.717, 1.165) is 10.4 Å². The maximum absolute atomic E-state index is 12.5. The van der Waals surface area contributed by atoms with Crippen LogP contribution in [0.15, 0.2) is 47.4 Å². The lowest BCUT2D eigenvalue weighted by atomic mass is 10.2. The highest BCUT2D eigenvalue weighted by atomic mass is 35.5. The van der Waals surface area contributed by atoms with Crippen molar-refractivity contribution in [2.75, 3.05) is 0 Å². The molecule has 0 saturated heterocycles. The molecular formula is C18H15Cl2N3O3S2. The van der Waals surface area contributed by atoms with Crippen LogP contribution in [0, 0.1) is 6.92 Å². The number of nitrogens with two attached hydrogens (primary N) is 1. The van der Waals surface area contributed by atoms with Crippen molar-refractivity contribution in [2.45, 2.75) is 18.4 Å². The number of nitrogens with zero attached hydrogens (tertiary/aromatic N) is 1. The van der Waals surface area contributed by atoms with Crippen LogP contribution < -0.4 is 10.5 Å². The minimum atomic E-state index is -3.75. The molecule has 2 aromatic carbocycles. The van der Waals surface area contributed by atoms with E-state index in [-0.39, 0.29) is 23.0 Å². The lowest BCUT2D eigenvalue weighted by Gasteiger charge is -2.05. The minimum absolute atomic E-state index is 0.0131. The van der Waals surface area contributed by atoms with Gasteiger partial charge in [0.05, 0.1) is 14.9 Å². The predicted molar refractivity (Wildman–Crippen MR) is 111 cm³/mol. The van der Waals surface area contributed by atoms with Crippen LogP contribution in [0.25, 0.3) is 10.6 Å². The molecule has 0 radical (unpaired) electrons. The summed E-state index contributed by atoms with van der Waals surface area (Å²) in [5.41, 5.74) is 1.61. The summed E-state index contributed by atoms with van der Waals surface area (Å²) in [4.78, 5) is 17.7. The molecule has 0 aliphatic rings. The largest absolute Gasteiger partial charge is 0.347 e. The number of hydrogen-bond donors (Lipinski definition) is 2. The molecule has 0 saturated carbocycles. The van der Waals surface area contributed by atoms with Gasteiger partial charge in [0.15, 0.2) is 0 Å². The van der Waals surface area contributed by atoms with E-state index < -0.39 is 10.0 Å². The molecule has 3 N–H and O–H groups in total. The van der Waals surface area contributed by atoms with Gasteiger partial charge in [0, 0.05) is 17.0 Å². The Bertz CT molecular complexity index is 1120. The standard InChI is InChI=1S/C18H15Cl2N3O3S2/c1-10-16(23-18(27-10)15-13(19)3-2-4-14(15)20)17(24)22-9-11-5-7-12(8-6-11)28(21,25)26/h2-8H,9H2,1H3,(H,22,24)(H2,21,25,26). The van der Waals surface area contributed by atoms with E-state index in [1.165, 1.54) is 23.5 Å². The van der Waals surface area contributed by atoms with Crippen LogP contribution in [0.1, 0.15) is 20.9 Å². The lowest BCUT2D eigenvalue weighted by Crippen LogP contribution is -2.23. The zero-order valence-electron chi connectivity index (χ0n) is 14.6. The molecule has 3 aromatic rings. The highest BCUT2D eigenvalue weighted by Gasteiger charge is 2.19. The van der Waals surface area contributed by atoms with Crippen molar-refractivity contribution < 1.29 is 13.2 Å². The average Bonchev–Trinajstić information content (AvgIpc) is 3.00. The second-order valence-corrected chi connectivity index (χ2v) is 9.47. The van der Waals surface area contributed by atoms with Crippen LogP contribution in [0.2, 0.25) is 10.0 Å². The quantitative estimate of drug-likeness (QED) is 0.606. The smallest absolute Gasteiger partial charge is 0.271 e. The Hall–Kier alpha value is -1.97. The van der Waals surface area contributed by atoms with Crippen molar-refractivity contribution in [3.05, 3.63) is 68.6 Å². The number of aryl methyl sites for hydroxylation is 1. The van der Waals surface area contributed by atoms with E-state index in [2.05, 4.69) is 10.3 Å². The van der Waals surface area contributed by atoms with Gasteiger partial charge in [-0.2, -0.15) is 0 Å². The maximum atomic E-state index is 12.5. The molecule has 0 fully saturated rings. The monoisotopic (exact) mass is 455 g/mol. The highest BCUT2D eigenvalue weighted by Crippen LogP contribution is 2.37. The Labute approximate surface area is 176 Å². The summed E-state index contributed by atoms with van der Waals surface area (Å²) in [5, 5.41) is 9.32. The second-order valence-electron chi connectivity index (χ2n) is 5.89. The molecular weight excluding hydrogens is 441 g/mol. The van der Waals surface area contributed by atoms with Gasteiger partial charge >= 0.3 is 0 Å². The van der Waals surface area contributed by atoms with Gasteiger partial charge in [-0.05, 0) is 36.8 Å². The Balaban J connectivity index is 1.76.